The van der Waals surface area contributed by atoms with Gasteiger partial charge in [0.15, 0.2) is 5.34 Å². The average Bonchev–Trinajstić information content (AvgIpc) is 1.33. The number of hydrogen-bond donors (Lipinski definition) is 5. The Morgan fingerprint density at radius 2 is 1.22 bits per heavy atom. The van der Waals surface area contributed by atoms with E-state index >= 15 is 0 Å². The molecule has 0 radical (unpaired) electrons. The van der Waals surface area contributed by atoms with Crippen LogP contribution < -0.4 is 12.3 Å². The SMILES string of the molecule is N.N.O=C(O)O.O=NO. The predicted octanol–water partition coefficient (Wildman–Crippen LogP) is 0.688. The maximum absolute atomic E-state index is 8.56. The van der Waals surface area contributed by atoms with Crippen molar-refractivity contribution in [1.82, 2.24) is 12.3 Å². The van der Waals surface area contributed by atoms with E-state index < -0.39 is 6.16 Å². The van der Waals surface area contributed by atoms with Crippen molar-refractivity contribution in [2.75, 3.05) is 0 Å². The van der Waals surface area contributed by atoms with Gasteiger partial charge in [0.25, 0.3) is 0 Å². The summed E-state index contributed by atoms with van der Waals surface area (Å²) in [7, 11) is 0. The lowest BCUT2D eigenvalue weighted by atomic mass is 11.5. The molecule has 0 unspecified atom stereocenters. The molecular weight excluding hydrogens is 134 g/mol. The van der Waals surface area contributed by atoms with Crippen LogP contribution >= 0.6 is 0 Å². The molecule has 0 saturated heterocycles. The molecule has 0 aromatic rings. The fourth-order valence-electron chi connectivity index (χ4n) is 0. The second-order valence-corrected chi connectivity index (χ2v) is 0.364. The highest BCUT2D eigenvalue weighted by atomic mass is 16.6. The van der Waals surface area contributed by atoms with Gasteiger partial charge < -0.3 is 27.7 Å². The molecule has 0 aliphatic rings. The Bertz CT molecular complexity index is 59.2. The first-order valence-electron chi connectivity index (χ1n) is 1.03. The van der Waals surface area contributed by atoms with Crippen LogP contribution in [0.2, 0.25) is 0 Å². The predicted molar refractivity (Wildman–Crippen MR) is 28.3 cm³/mol. The van der Waals surface area contributed by atoms with Gasteiger partial charge in [-0.15, -0.1) is 4.91 Å². The molecule has 0 aliphatic carbocycles. The minimum Gasteiger partial charge on any atom is -0.450 e. The molecule has 0 atom stereocenters. The van der Waals surface area contributed by atoms with Crippen LogP contribution in [0.4, 0.5) is 4.79 Å². The normalized spacial score (nSPS) is 4.00. The highest BCUT2D eigenvalue weighted by Crippen LogP contribution is 1.42. The van der Waals surface area contributed by atoms with Gasteiger partial charge in [-0.25, -0.2) is 4.79 Å². The van der Waals surface area contributed by atoms with Gasteiger partial charge >= 0.3 is 6.16 Å². The standard InChI is InChI=1S/CH2O3.HNO2.2H3N/c2-1(3)4;2-1-3;;/h(H2,2,3,4);(H,2,3);2*1H3. The Hall–Kier alpha value is -1.41. The van der Waals surface area contributed by atoms with Gasteiger partial charge in [-0.2, -0.15) is 0 Å². The van der Waals surface area contributed by atoms with Crippen molar-refractivity contribution in [3.8, 4) is 0 Å². The van der Waals surface area contributed by atoms with E-state index in [0.717, 1.165) is 0 Å². The number of hydrogen-bond acceptors (Lipinski definition) is 5. The van der Waals surface area contributed by atoms with Crippen LogP contribution in [0.5, 0.6) is 0 Å². The maximum atomic E-state index is 8.56. The lowest BCUT2D eigenvalue weighted by Gasteiger charge is -1.60. The zero-order chi connectivity index (χ0) is 6.28. The van der Waals surface area contributed by atoms with Crippen molar-refractivity contribution in [1.29, 1.82) is 0 Å². The monoisotopic (exact) mass is 143 g/mol. The minimum atomic E-state index is -1.83. The molecule has 9 N–H and O–H groups in total. The van der Waals surface area contributed by atoms with Gasteiger partial charge in [0.1, 0.15) is 0 Å². The van der Waals surface area contributed by atoms with Crippen molar-refractivity contribution in [3.63, 3.8) is 0 Å². The first-order valence-corrected chi connectivity index (χ1v) is 1.03. The molecule has 0 fully saturated rings. The summed E-state index contributed by atoms with van der Waals surface area (Å²) < 4.78 is 0. The molecule has 0 rings (SSSR count). The Kier molecular flexibility index (Phi) is 87.2. The summed E-state index contributed by atoms with van der Waals surface area (Å²) in [6, 6.07) is 0. The van der Waals surface area contributed by atoms with E-state index in [0.29, 0.717) is 0 Å². The number of nitrogens with zero attached hydrogens (tertiary/aromatic N) is 1. The highest BCUT2D eigenvalue weighted by molar-refractivity contribution is 5.53. The molecular formula is CH9N3O5. The molecule has 8 heteroatoms. The van der Waals surface area contributed by atoms with Crippen molar-refractivity contribution in [2.45, 2.75) is 0 Å². The van der Waals surface area contributed by atoms with Crippen molar-refractivity contribution in [2.24, 2.45) is 5.34 Å². The second-order valence-electron chi connectivity index (χ2n) is 0.364. The molecule has 0 aromatic carbocycles. The van der Waals surface area contributed by atoms with Gasteiger partial charge in [0, 0.05) is 0 Å². The Labute approximate surface area is 50.2 Å². The zero-order valence-electron chi connectivity index (χ0n) is 4.52. The van der Waals surface area contributed by atoms with Gasteiger partial charge in [0.2, 0.25) is 0 Å². The smallest absolute Gasteiger partial charge is 0.450 e. The number of carbonyl (C=O) groups is 1. The van der Waals surface area contributed by atoms with Crippen LogP contribution in [-0.4, -0.2) is 21.6 Å². The Morgan fingerprint density at radius 3 is 1.22 bits per heavy atom. The van der Waals surface area contributed by atoms with Gasteiger partial charge in [-0.1, -0.05) is 0 Å². The molecule has 0 aromatic heterocycles. The molecule has 0 spiro atoms. The second kappa shape index (κ2) is 30.7. The Morgan fingerprint density at radius 1 is 1.22 bits per heavy atom. The topological polar surface area (TPSA) is 177 Å². The third kappa shape index (κ3) is 69.8. The fraction of sp³-hybridized carbons (Fsp3) is 0. The lowest BCUT2D eigenvalue weighted by molar-refractivity contribution is 0.137. The van der Waals surface area contributed by atoms with Crippen LogP contribution in [0.25, 0.3) is 0 Å². The van der Waals surface area contributed by atoms with Crippen LogP contribution in [0.1, 0.15) is 0 Å². The van der Waals surface area contributed by atoms with E-state index in [2.05, 4.69) is 0 Å². The Balaban J connectivity index is -0.0000000233. The lowest BCUT2D eigenvalue weighted by Crippen LogP contribution is -1.81. The quantitative estimate of drug-likeness (QED) is 0.244. The molecule has 58 valence electrons. The molecule has 0 aliphatic heterocycles. The molecule has 0 amide bonds. The van der Waals surface area contributed by atoms with Crippen LogP contribution in [0.3, 0.4) is 0 Å². The van der Waals surface area contributed by atoms with Crippen LogP contribution in [0.15, 0.2) is 5.34 Å². The first-order chi connectivity index (χ1) is 3.15. The van der Waals surface area contributed by atoms with Crippen LogP contribution in [-0.2, 0) is 0 Å². The largest absolute Gasteiger partial charge is 0.503 e. The zero-order valence-corrected chi connectivity index (χ0v) is 4.52. The van der Waals surface area contributed by atoms with E-state index in [1.807, 2.05) is 0 Å². The third-order valence-electron chi connectivity index (χ3n) is 0. The van der Waals surface area contributed by atoms with E-state index in [1.54, 1.807) is 0 Å². The summed E-state index contributed by atoms with van der Waals surface area (Å²) in [6.07, 6.45) is -1.83. The summed E-state index contributed by atoms with van der Waals surface area (Å²) in [5.41, 5.74) is 0. The third-order valence-corrected chi connectivity index (χ3v) is 0. The van der Waals surface area contributed by atoms with E-state index in [-0.39, 0.29) is 12.3 Å². The van der Waals surface area contributed by atoms with Crippen molar-refractivity contribution in [3.05, 3.63) is 4.91 Å². The fourth-order valence-corrected chi connectivity index (χ4v) is 0. The summed E-state index contributed by atoms with van der Waals surface area (Å²) in [5.74, 6) is 0. The minimum absolute atomic E-state index is 0. The summed E-state index contributed by atoms with van der Waals surface area (Å²) in [6.45, 7) is 0. The van der Waals surface area contributed by atoms with E-state index in [4.69, 9.17) is 25.1 Å². The first kappa shape index (κ1) is 25.6. The molecule has 0 heterocycles. The molecule has 8 nitrogen and oxygen atoms in total. The summed E-state index contributed by atoms with van der Waals surface area (Å²) >= 11 is 0. The highest BCUT2D eigenvalue weighted by Gasteiger charge is 1.70. The average molecular weight is 143 g/mol. The summed E-state index contributed by atoms with van der Waals surface area (Å²) in [4.78, 5) is 16.7. The molecule has 9 heavy (non-hydrogen) atoms. The molecule has 0 bridgehead atoms. The summed E-state index contributed by atoms with van der Waals surface area (Å²) in [5, 5.41) is 21.8. The molecule has 0 saturated carbocycles. The van der Waals surface area contributed by atoms with Gasteiger partial charge in [-0.05, 0) is 0 Å². The maximum Gasteiger partial charge on any atom is 0.503 e. The van der Waals surface area contributed by atoms with E-state index in [1.165, 1.54) is 5.34 Å². The van der Waals surface area contributed by atoms with Crippen molar-refractivity contribution >= 4 is 6.16 Å². The van der Waals surface area contributed by atoms with E-state index in [9.17, 15) is 0 Å². The van der Waals surface area contributed by atoms with Crippen LogP contribution in [0, 0.1) is 4.91 Å². The number of rotatable bonds is 0. The van der Waals surface area contributed by atoms with Gasteiger partial charge in [-0.3, -0.25) is 0 Å². The van der Waals surface area contributed by atoms with Crippen molar-refractivity contribution < 1.29 is 20.2 Å². The number of carboxylic acid groups (broad SMARTS) is 2. The van der Waals surface area contributed by atoms with Gasteiger partial charge in [0.05, 0.1) is 0 Å².